The van der Waals surface area contributed by atoms with Gasteiger partial charge in [0, 0.05) is 6.04 Å². The molecule has 0 heterocycles. The van der Waals surface area contributed by atoms with Crippen molar-refractivity contribution in [2.75, 3.05) is 0 Å². The van der Waals surface area contributed by atoms with Crippen LogP contribution >= 0.6 is 0 Å². The van der Waals surface area contributed by atoms with Crippen LogP contribution in [0.3, 0.4) is 0 Å². The van der Waals surface area contributed by atoms with Crippen LogP contribution in [0.5, 0.6) is 0 Å². The summed E-state index contributed by atoms with van der Waals surface area (Å²) in [5.41, 5.74) is 1.09. The van der Waals surface area contributed by atoms with Gasteiger partial charge in [0.1, 0.15) is 0 Å². The van der Waals surface area contributed by atoms with Gasteiger partial charge in [-0.05, 0) is 35.6 Å². The molecule has 0 aliphatic heterocycles. The summed E-state index contributed by atoms with van der Waals surface area (Å²) >= 11 is 0. The highest BCUT2D eigenvalue weighted by Crippen LogP contribution is 2.19. The molecule has 106 valence electrons. The number of amides is 1. The quantitative estimate of drug-likeness (QED) is 0.875. The van der Waals surface area contributed by atoms with Gasteiger partial charge in [-0.25, -0.2) is 0 Å². The molecule has 0 unspecified atom stereocenters. The lowest BCUT2D eigenvalue weighted by Gasteiger charge is -2.16. The smallest absolute Gasteiger partial charge is 0.224 e. The Kier molecular flexibility index (Phi) is 4.78. The average molecular weight is 269 g/mol. The van der Waals surface area contributed by atoms with E-state index in [1.807, 2.05) is 24.3 Å². The van der Waals surface area contributed by atoms with Crippen molar-refractivity contribution < 1.29 is 4.79 Å². The zero-order valence-electron chi connectivity index (χ0n) is 12.5. The van der Waals surface area contributed by atoms with Crippen molar-refractivity contribution in [2.45, 2.75) is 39.7 Å². The number of hydrogen-bond donors (Lipinski definition) is 1. The molecule has 1 amide bonds. The molecule has 2 rings (SSSR count). The van der Waals surface area contributed by atoms with Crippen molar-refractivity contribution in [3.63, 3.8) is 0 Å². The Bertz CT molecular complexity index is 583. The Labute approximate surface area is 121 Å². The molecule has 0 aliphatic carbocycles. The van der Waals surface area contributed by atoms with E-state index in [9.17, 15) is 4.79 Å². The molecular weight excluding hydrogens is 246 g/mol. The maximum absolute atomic E-state index is 12.1. The topological polar surface area (TPSA) is 29.1 Å². The molecule has 2 nitrogen and oxygen atoms in total. The number of hydrogen-bond acceptors (Lipinski definition) is 1. The van der Waals surface area contributed by atoms with Crippen molar-refractivity contribution in [1.82, 2.24) is 5.32 Å². The van der Waals surface area contributed by atoms with E-state index in [4.69, 9.17) is 0 Å². The van der Waals surface area contributed by atoms with E-state index >= 15 is 0 Å². The average Bonchev–Trinajstić information content (AvgIpc) is 2.38. The molecule has 0 spiro atoms. The van der Waals surface area contributed by atoms with Gasteiger partial charge in [-0.15, -0.1) is 0 Å². The number of rotatable bonds is 5. The first-order chi connectivity index (χ1) is 9.56. The molecule has 2 aromatic carbocycles. The Morgan fingerprint density at radius 1 is 1.05 bits per heavy atom. The van der Waals surface area contributed by atoms with Crippen molar-refractivity contribution in [3.05, 3.63) is 48.0 Å². The van der Waals surface area contributed by atoms with E-state index in [2.05, 4.69) is 44.3 Å². The van der Waals surface area contributed by atoms with Crippen LogP contribution < -0.4 is 5.32 Å². The maximum atomic E-state index is 12.1. The van der Waals surface area contributed by atoms with Crippen molar-refractivity contribution in [2.24, 2.45) is 5.92 Å². The predicted molar refractivity (Wildman–Crippen MR) is 84.7 cm³/mol. The molecule has 20 heavy (non-hydrogen) atoms. The molecule has 2 heteroatoms. The van der Waals surface area contributed by atoms with Gasteiger partial charge < -0.3 is 5.32 Å². The van der Waals surface area contributed by atoms with Crippen LogP contribution in [0, 0.1) is 5.92 Å². The van der Waals surface area contributed by atoms with Crippen molar-refractivity contribution in [1.29, 1.82) is 0 Å². The van der Waals surface area contributed by atoms with Crippen LogP contribution in [0.2, 0.25) is 0 Å². The van der Waals surface area contributed by atoms with Gasteiger partial charge in [0.15, 0.2) is 0 Å². The largest absolute Gasteiger partial charge is 0.353 e. The molecule has 0 aromatic heterocycles. The summed E-state index contributed by atoms with van der Waals surface area (Å²) < 4.78 is 0. The second-order valence-electron chi connectivity index (χ2n) is 5.91. The molecule has 0 bridgehead atoms. The number of nitrogens with one attached hydrogen (secondary N) is 1. The Morgan fingerprint density at radius 2 is 1.75 bits per heavy atom. The second kappa shape index (κ2) is 6.56. The lowest BCUT2D eigenvalue weighted by molar-refractivity contribution is -0.121. The minimum Gasteiger partial charge on any atom is -0.353 e. The lowest BCUT2D eigenvalue weighted by Crippen LogP contribution is -2.34. The Morgan fingerprint density at radius 3 is 2.50 bits per heavy atom. The fourth-order valence-electron chi connectivity index (χ4n) is 2.71. The molecular formula is C18H23NO. The molecule has 0 fully saturated rings. The highest BCUT2D eigenvalue weighted by molar-refractivity contribution is 5.90. The van der Waals surface area contributed by atoms with Gasteiger partial charge in [0.2, 0.25) is 5.91 Å². The van der Waals surface area contributed by atoms with Crippen LogP contribution in [-0.2, 0) is 11.2 Å². The van der Waals surface area contributed by atoms with Gasteiger partial charge in [0.05, 0.1) is 6.42 Å². The number of fused-ring (bicyclic) bond motifs is 1. The minimum atomic E-state index is 0.106. The maximum Gasteiger partial charge on any atom is 0.224 e. The lowest BCUT2D eigenvalue weighted by atomic mass is 10.0. The number of carbonyl (C=O) groups is 1. The van der Waals surface area contributed by atoms with E-state index in [0.717, 1.165) is 12.0 Å². The second-order valence-corrected chi connectivity index (χ2v) is 5.91. The van der Waals surface area contributed by atoms with Crippen LogP contribution in [0.1, 0.15) is 32.8 Å². The highest BCUT2D eigenvalue weighted by atomic mass is 16.1. The third kappa shape index (κ3) is 3.83. The number of carbonyl (C=O) groups excluding carboxylic acids is 1. The zero-order valence-corrected chi connectivity index (χ0v) is 12.5. The summed E-state index contributed by atoms with van der Waals surface area (Å²) in [6, 6.07) is 14.6. The standard InChI is InChI=1S/C18H23NO/c1-13(2)11-14(3)19-18(20)12-16-9-6-8-15-7-4-5-10-17(15)16/h4-10,13-14H,11-12H2,1-3H3,(H,19,20)/t14-/m0/s1. The summed E-state index contributed by atoms with van der Waals surface area (Å²) in [7, 11) is 0. The normalized spacial score (nSPS) is 12.6. The van der Waals surface area contributed by atoms with E-state index < -0.39 is 0 Å². The fraction of sp³-hybridized carbons (Fsp3) is 0.389. The third-order valence-corrected chi connectivity index (χ3v) is 3.46. The molecule has 1 N–H and O–H groups in total. The highest BCUT2D eigenvalue weighted by Gasteiger charge is 2.11. The monoisotopic (exact) mass is 269 g/mol. The zero-order chi connectivity index (χ0) is 14.5. The molecule has 0 aliphatic rings. The fourth-order valence-corrected chi connectivity index (χ4v) is 2.71. The third-order valence-electron chi connectivity index (χ3n) is 3.46. The van der Waals surface area contributed by atoms with E-state index in [1.165, 1.54) is 10.8 Å². The van der Waals surface area contributed by atoms with E-state index in [-0.39, 0.29) is 11.9 Å². The first-order valence-corrected chi connectivity index (χ1v) is 7.32. The summed E-state index contributed by atoms with van der Waals surface area (Å²) in [5.74, 6) is 0.706. The van der Waals surface area contributed by atoms with E-state index in [0.29, 0.717) is 12.3 Å². The molecule has 0 saturated heterocycles. The van der Waals surface area contributed by atoms with Crippen molar-refractivity contribution in [3.8, 4) is 0 Å². The van der Waals surface area contributed by atoms with Crippen LogP contribution in [-0.4, -0.2) is 11.9 Å². The first kappa shape index (κ1) is 14.6. The summed E-state index contributed by atoms with van der Waals surface area (Å²) in [6.45, 7) is 6.42. The van der Waals surface area contributed by atoms with Gasteiger partial charge in [-0.3, -0.25) is 4.79 Å². The van der Waals surface area contributed by atoms with Crippen molar-refractivity contribution >= 4 is 16.7 Å². The van der Waals surface area contributed by atoms with Gasteiger partial charge >= 0.3 is 0 Å². The Hall–Kier alpha value is -1.83. The van der Waals surface area contributed by atoms with Gasteiger partial charge in [-0.1, -0.05) is 56.3 Å². The molecule has 2 aromatic rings. The first-order valence-electron chi connectivity index (χ1n) is 7.32. The summed E-state index contributed by atoms with van der Waals surface area (Å²) in [4.78, 5) is 12.1. The van der Waals surface area contributed by atoms with Gasteiger partial charge in [0.25, 0.3) is 0 Å². The molecule has 0 radical (unpaired) electrons. The summed E-state index contributed by atoms with van der Waals surface area (Å²) in [5, 5.41) is 5.44. The van der Waals surface area contributed by atoms with E-state index in [1.54, 1.807) is 0 Å². The van der Waals surface area contributed by atoms with Gasteiger partial charge in [-0.2, -0.15) is 0 Å². The van der Waals surface area contributed by atoms with Crippen LogP contribution in [0.15, 0.2) is 42.5 Å². The molecule has 1 atom stereocenters. The minimum absolute atomic E-state index is 0.106. The predicted octanol–water partition coefficient (Wildman–Crippen LogP) is 3.93. The summed E-state index contributed by atoms with van der Waals surface area (Å²) in [6.07, 6.45) is 1.46. The SMILES string of the molecule is CC(C)C[C@H](C)NC(=O)Cc1cccc2ccccc12. The molecule has 0 saturated carbocycles. The van der Waals surface area contributed by atoms with Crippen LogP contribution in [0.25, 0.3) is 10.8 Å². The van der Waals surface area contributed by atoms with Crippen LogP contribution in [0.4, 0.5) is 0 Å². The Balaban J connectivity index is 2.06. The number of benzene rings is 2.